The summed E-state index contributed by atoms with van der Waals surface area (Å²) in [4.78, 5) is 11.5. The number of halogens is 1. The maximum absolute atomic E-state index is 13.4. The van der Waals surface area contributed by atoms with Gasteiger partial charge in [0.2, 0.25) is 5.91 Å². The van der Waals surface area contributed by atoms with Gasteiger partial charge in [-0.3, -0.25) is 4.79 Å². The molecule has 0 aliphatic heterocycles. The van der Waals surface area contributed by atoms with Crippen molar-refractivity contribution in [1.82, 2.24) is 5.32 Å². The monoisotopic (exact) mass is 268 g/mol. The van der Waals surface area contributed by atoms with Crippen molar-refractivity contribution in [2.75, 3.05) is 25.5 Å². The predicted molar refractivity (Wildman–Crippen MR) is 73.9 cm³/mol. The van der Waals surface area contributed by atoms with Crippen LogP contribution in [-0.2, 0) is 4.79 Å². The van der Waals surface area contributed by atoms with Gasteiger partial charge < -0.3 is 15.4 Å². The van der Waals surface area contributed by atoms with E-state index in [1.807, 2.05) is 0 Å². The predicted octanol–water partition coefficient (Wildman–Crippen LogP) is 2.41. The Balaban J connectivity index is 2.36. The summed E-state index contributed by atoms with van der Waals surface area (Å²) in [5.74, 6) is 0.195. The van der Waals surface area contributed by atoms with E-state index in [4.69, 9.17) is 4.74 Å². The molecule has 0 aliphatic carbocycles. The van der Waals surface area contributed by atoms with E-state index in [-0.39, 0.29) is 18.2 Å². The Kier molecular flexibility index (Phi) is 6.12. The molecule has 1 aromatic carbocycles. The average molecular weight is 268 g/mol. The van der Waals surface area contributed by atoms with E-state index in [1.54, 1.807) is 6.07 Å². The first kappa shape index (κ1) is 15.3. The summed E-state index contributed by atoms with van der Waals surface area (Å²) < 4.78 is 18.2. The lowest BCUT2D eigenvalue weighted by atomic mass is 10.1. The van der Waals surface area contributed by atoms with Gasteiger partial charge in [0.15, 0.2) is 11.6 Å². The van der Waals surface area contributed by atoms with Crippen LogP contribution in [0.4, 0.5) is 10.1 Å². The third-order valence-electron chi connectivity index (χ3n) is 2.65. The van der Waals surface area contributed by atoms with Crippen LogP contribution in [0.15, 0.2) is 18.2 Å². The van der Waals surface area contributed by atoms with Gasteiger partial charge in [-0.15, -0.1) is 0 Å². The molecule has 0 fully saturated rings. The van der Waals surface area contributed by atoms with Crippen LogP contribution in [0.3, 0.4) is 0 Å². The highest BCUT2D eigenvalue weighted by Gasteiger charge is 2.05. The lowest BCUT2D eigenvalue weighted by Gasteiger charge is -2.10. The van der Waals surface area contributed by atoms with Crippen molar-refractivity contribution in [3.05, 3.63) is 24.0 Å². The SMILES string of the molecule is COc1ccc(NCC(=O)NCCC(C)C)cc1F. The minimum absolute atomic E-state index is 0.100. The minimum Gasteiger partial charge on any atom is -0.494 e. The highest BCUT2D eigenvalue weighted by Crippen LogP contribution is 2.20. The molecule has 0 bridgehead atoms. The first-order valence-electron chi connectivity index (χ1n) is 6.37. The minimum atomic E-state index is -0.451. The van der Waals surface area contributed by atoms with Crippen LogP contribution >= 0.6 is 0 Å². The molecule has 0 aromatic heterocycles. The van der Waals surface area contributed by atoms with Crippen LogP contribution in [0.25, 0.3) is 0 Å². The second-order valence-electron chi connectivity index (χ2n) is 4.74. The summed E-state index contributed by atoms with van der Waals surface area (Å²) in [6, 6.07) is 4.50. The number of carbonyl (C=O) groups is 1. The van der Waals surface area contributed by atoms with Crippen molar-refractivity contribution in [3.63, 3.8) is 0 Å². The molecule has 4 nitrogen and oxygen atoms in total. The largest absolute Gasteiger partial charge is 0.494 e. The van der Waals surface area contributed by atoms with Crippen LogP contribution < -0.4 is 15.4 Å². The highest BCUT2D eigenvalue weighted by molar-refractivity contribution is 5.80. The Morgan fingerprint density at radius 3 is 2.74 bits per heavy atom. The normalized spacial score (nSPS) is 10.4. The topological polar surface area (TPSA) is 50.4 Å². The van der Waals surface area contributed by atoms with Crippen molar-refractivity contribution < 1.29 is 13.9 Å². The van der Waals surface area contributed by atoms with Crippen molar-refractivity contribution >= 4 is 11.6 Å². The smallest absolute Gasteiger partial charge is 0.239 e. The van der Waals surface area contributed by atoms with Gasteiger partial charge in [-0.1, -0.05) is 13.8 Å². The Labute approximate surface area is 113 Å². The van der Waals surface area contributed by atoms with Gasteiger partial charge in [-0.2, -0.15) is 0 Å². The third-order valence-corrected chi connectivity index (χ3v) is 2.65. The highest BCUT2D eigenvalue weighted by atomic mass is 19.1. The molecule has 2 N–H and O–H groups in total. The summed E-state index contributed by atoms with van der Waals surface area (Å²) in [5.41, 5.74) is 0.553. The number of nitrogens with one attached hydrogen (secondary N) is 2. The molecule has 0 atom stereocenters. The summed E-state index contributed by atoms with van der Waals surface area (Å²) >= 11 is 0. The van der Waals surface area contributed by atoms with Crippen LogP contribution in [0.1, 0.15) is 20.3 Å². The molecule has 1 aromatic rings. The maximum atomic E-state index is 13.4. The summed E-state index contributed by atoms with van der Waals surface area (Å²) in [6.07, 6.45) is 0.947. The number of amides is 1. The zero-order valence-corrected chi connectivity index (χ0v) is 11.6. The van der Waals surface area contributed by atoms with Gasteiger partial charge in [-0.25, -0.2) is 4.39 Å². The van der Waals surface area contributed by atoms with Gasteiger partial charge in [-0.05, 0) is 24.5 Å². The zero-order valence-electron chi connectivity index (χ0n) is 11.6. The molecule has 0 aliphatic rings. The molecule has 1 amide bonds. The molecule has 0 spiro atoms. The summed E-state index contributed by atoms with van der Waals surface area (Å²) in [6.45, 7) is 4.99. The second kappa shape index (κ2) is 7.61. The molecular weight excluding hydrogens is 247 g/mol. The third kappa shape index (κ3) is 5.59. The number of carbonyl (C=O) groups excluding carboxylic acids is 1. The summed E-state index contributed by atoms with van der Waals surface area (Å²) in [5, 5.41) is 5.67. The van der Waals surface area contributed by atoms with Crippen LogP contribution in [0, 0.1) is 11.7 Å². The fraction of sp³-hybridized carbons (Fsp3) is 0.500. The Morgan fingerprint density at radius 2 is 2.16 bits per heavy atom. The molecule has 106 valence electrons. The van der Waals surface area contributed by atoms with Crippen molar-refractivity contribution in [1.29, 1.82) is 0 Å². The standard InChI is InChI=1S/C14H21FN2O2/c1-10(2)6-7-16-14(18)9-17-11-4-5-13(19-3)12(15)8-11/h4-5,8,10,17H,6-7,9H2,1-3H3,(H,16,18). The van der Waals surface area contributed by atoms with E-state index in [2.05, 4.69) is 24.5 Å². The Hall–Kier alpha value is -1.78. The number of hydrogen-bond donors (Lipinski definition) is 2. The van der Waals surface area contributed by atoms with Gasteiger partial charge in [0, 0.05) is 18.3 Å². The number of rotatable bonds is 7. The maximum Gasteiger partial charge on any atom is 0.239 e. The Bertz CT molecular complexity index is 422. The van der Waals surface area contributed by atoms with E-state index in [0.717, 1.165) is 6.42 Å². The van der Waals surface area contributed by atoms with E-state index < -0.39 is 5.82 Å². The molecule has 0 radical (unpaired) electrons. The molecule has 0 saturated heterocycles. The van der Waals surface area contributed by atoms with Crippen molar-refractivity contribution in [2.45, 2.75) is 20.3 Å². The van der Waals surface area contributed by atoms with Gasteiger partial charge in [0.1, 0.15) is 0 Å². The number of benzene rings is 1. The molecule has 0 heterocycles. The van der Waals surface area contributed by atoms with Crippen LogP contribution in [0.2, 0.25) is 0 Å². The van der Waals surface area contributed by atoms with E-state index in [0.29, 0.717) is 18.2 Å². The lowest BCUT2D eigenvalue weighted by molar-refractivity contribution is -0.119. The molecule has 0 saturated carbocycles. The van der Waals surface area contributed by atoms with Gasteiger partial charge >= 0.3 is 0 Å². The van der Waals surface area contributed by atoms with E-state index >= 15 is 0 Å². The zero-order chi connectivity index (χ0) is 14.3. The van der Waals surface area contributed by atoms with Crippen molar-refractivity contribution in [2.24, 2.45) is 5.92 Å². The number of anilines is 1. The average Bonchev–Trinajstić information content (AvgIpc) is 2.36. The Morgan fingerprint density at radius 1 is 1.42 bits per heavy atom. The molecule has 5 heteroatoms. The first-order chi connectivity index (χ1) is 9.02. The fourth-order valence-electron chi connectivity index (χ4n) is 1.52. The van der Waals surface area contributed by atoms with E-state index in [1.165, 1.54) is 19.2 Å². The van der Waals surface area contributed by atoms with Gasteiger partial charge in [0.25, 0.3) is 0 Å². The van der Waals surface area contributed by atoms with Crippen LogP contribution in [0.5, 0.6) is 5.75 Å². The lowest BCUT2D eigenvalue weighted by Crippen LogP contribution is -2.31. The quantitative estimate of drug-likeness (QED) is 0.798. The second-order valence-corrected chi connectivity index (χ2v) is 4.74. The summed E-state index contributed by atoms with van der Waals surface area (Å²) in [7, 11) is 1.41. The number of ether oxygens (including phenoxy) is 1. The first-order valence-corrected chi connectivity index (χ1v) is 6.37. The molecule has 19 heavy (non-hydrogen) atoms. The number of methoxy groups -OCH3 is 1. The van der Waals surface area contributed by atoms with Gasteiger partial charge in [0.05, 0.1) is 13.7 Å². The molecular formula is C14H21FN2O2. The number of hydrogen-bond acceptors (Lipinski definition) is 3. The van der Waals surface area contributed by atoms with E-state index in [9.17, 15) is 9.18 Å². The van der Waals surface area contributed by atoms with Crippen molar-refractivity contribution in [3.8, 4) is 5.75 Å². The fourth-order valence-corrected chi connectivity index (χ4v) is 1.52. The van der Waals surface area contributed by atoms with Crippen LogP contribution in [-0.4, -0.2) is 26.1 Å². The molecule has 1 rings (SSSR count). The molecule has 0 unspecified atom stereocenters.